The number of benzene rings is 5. The maximum Gasteiger partial charge on any atom is 0.338 e. The average Bonchev–Trinajstić information content (AvgIpc) is 3.70. The zero-order chi connectivity index (χ0) is 45.4. The first-order valence-corrected chi connectivity index (χ1v) is 23.1. The first-order valence-electron chi connectivity index (χ1n) is 21.5. The third-order valence-corrected chi connectivity index (χ3v) is 17.4. The Morgan fingerprint density at radius 3 is 1.71 bits per heavy atom. The third kappa shape index (κ3) is 6.36. The molecule has 0 saturated carbocycles. The molecule has 322 valence electrons. The molecule has 2 atom stereocenters. The van der Waals surface area contributed by atoms with Crippen LogP contribution >= 0.6 is 7.37 Å². The molecular weight excluding hydrogens is 812 g/mol. The minimum atomic E-state index is -4.07. The molecule has 2 aromatic heterocycles. The first kappa shape index (κ1) is 43.3. The van der Waals surface area contributed by atoms with Crippen LogP contribution in [-0.2, 0) is 25.5 Å². The third-order valence-electron chi connectivity index (χ3n) is 14.2. The van der Waals surface area contributed by atoms with Crippen molar-refractivity contribution in [1.29, 1.82) is 0 Å². The van der Waals surface area contributed by atoms with Crippen molar-refractivity contribution < 1.29 is 18.6 Å². The zero-order valence-electron chi connectivity index (χ0n) is 37.0. The summed E-state index contributed by atoms with van der Waals surface area (Å²) >= 11 is 0. The van der Waals surface area contributed by atoms with Crippen LogP contribution in [-0.4, -0.2) is 15.1 Å². The Balaban J connectivity index is 1.39. The lowest BCUT2D eigenvalue weighted by molar-refractivity contribution is -0.130. The highest BCUT2D eigenvalue weighted by Crippen LogP contribution is 2.69. The summed E-state index contributed by atoms with van der Waals surface area (Å²) in [5.41, 5.74) is 0.254. The molecule has 11 heteroatoms. The highest BCUT2D eigenvalue weighted by Gasteiger charge is 2.54. The molecule has 0 N–H and O–H groups in total. The van der Waals surface area contributed by atoms with Gasteiger partial charge in [-0.25, -0.2) is 9.36 Å². The summed E-state index contributed by atoms with van der Waals surface area (Å²) in [6.45, 7) is 19.2. The number of ether oxygens (including phenoxy) is 1. The van der Waals surface area contributed by atoms with E-state index in [4.69, 9.17) is 9.26 Å². The van der Waals surface area contributed by atoms with E-state index in [2.05, 4.69) is 39.5 Å². The van der Waals surface area contributed by atoms with E-state index in [1.165, 1.54) is 35.8 Å². The number of rotatable bonds is 12. The second-order valence-electron chi connectivity index (χ2n) is 17.5. The van der Waals surface area contributed by atoms with Crippen LogP contribution in [0.5, 0.6) is 11.5 Å². The van der Waals surface area contributed by atoms with Crippen molar-refractivity contribution >= 4 is 40.2 Å². The monoisotopic (exact) mass is 862 g/mol. The van der Waals surface area contributed by atoms with Crippen molar-refractivity contribution in [2.24, 2.45) is 0 Å². The molecule has 0 radical (unpaired) electrons. The maximum atomic E-state index is 16.4. The van der Waals surface area contributed by atoms with Gasteiger partial charge in [-0.1, -0.05) is 108 Å². The molecule has 1 aliphatic heterocycles. The molecule has 7 aromatic rings. The van der Waals surface area contributed by atoms with E-state index in [1.54, 1.807) is 12.1 Å². The summed E-state index contributed by atoms with van der Waals surface area (Å²) < 4.78 is 31.3. The number of esters is 1. The molecule has 2 unspecified atom stereocenters. The van der Waals surface area contributed by atoms with Crippen LogP contribution in [0.25, 0.3) is 38.4 Å². The van der Waals surface area contributed by atoms with E-state index >= 15 is 4.57 Å². The number of carbonyl (C=O) groups is 1. The fraction of sp³-hybridized carbons (Fsp3) is 0.288. The van der Waals surface area contributed by atoms with Gasteiger partial charge in [0.1, 0.15) is 10.9 Å². The minimum Gasteiger partial charge on any atom is -0.438 e. The Kier molecular flexibility index (Phi) is 10.6. The van der Waals surface area contributed by atoms with Crippen molar-refractivity contribution in [1.82, 2.24) is 9.13 Å². The lowest BCUT2D eigenvalue weighted by Crippen LogP contribution is -2.42. The molecule has 0 saturated heterocycles. The first-order chi connectivity index (χ1) is 29.9. The Labute approximate surface area is 365 Å². The number of fused-ring (bicyclic) bond motifs is 5. The predicted molar refractivity (Wildman–Crippen MR) is 251 cm³/mol. The molecule has 0 aliphatic carbocycles. The topological polar surface area (TPSA) is 131 Å². The average molecular weight is 863 g/mol. The van der Waals surface area contributed by atoms with E-state index in [9.17, 15) is 24.0 Å². The van der Waals surface area contributed by atoms with Crippen molar-refractivity contribution in [3.8, 4) is 28.3 Å². The maximum absolute atomic E-state index is 16.4. The molecule has 8 rings (SSSR count). The van der Waals surface area contributed by atoms with Gasteiger partial charge in [-0.05, 0) is 111 Å². The van der Waals surface area contributed by atoms with Crippen LogP contribution < -0.4 is 36.8 Å². The van der Waals surface area contributed by atoms with Gasteiger partial charge >= 0.3 is 5.97 Å². The predicted octanol–water partition coefficient (Wildman–Crippen LogP) is 9.92. The summed E-state index contributed by atoms with van der Waals surface area (Å²) in [5.74, 6) is -0.545. The summed E-state index contributed by atoms with van der Waals surface area (Å²) in [5, 5.41) is -1.01. The van der Waals surface area contributed by atoms with Crippen LogP contribution in [0.15, 0.2) is 134 Å². The highest BCUT2D eigenvalue weighted by atomic mass is 31.2. The Hall–Kier alpha value is -6.38. The lowest BCUT2D eigenvalue weighted by Gasteiger charge is -2.42. The van der Waals surface area contributed by atoms with Crippen molar-refractivity contribution in [2.45, 2.75) is 97.2 Å². The molecule has 0 spiro atoms. The second-order valence-corrected chi connectivity index (χ2v) is 20.1. The number of aromatic nitrogens is 2. The molecule has 10 nitrogen and oxygen atoms in total. The Morgan fingerprint density at radius 2 is 1.16 bits per heavy atom. The number of carbonyl (C=O) groups excluding carboxylic acids is 1. The fourth-order valence-electron chi connectivity index (χ4n) is 9.13. The molecule has 5 aromatic carbocycles. The lowest BCUT2D eigenvalue weighted by atomic mass is 9.77. The highest BCUT2D eigenvalue weighted by molar-refractivity contribution is 7.69. The smallest absolute Gasteiger partial charge is 0.338 e. The Morgan fingerprint density at radius 1 is 0.651 bits per heavy atom. The largest absolute Gasteiger partial charge is 0.438 e. The number of hydrogen-bond acceptors (Lipinski definition) is 8. The molecule has 0 fully saturated rings. The van der Waals surface area contributed by atoms with Gasteiger partial charge in [0.2, 0.25) is 0 Å². The van der Waals surface area contributed by atoms with Crippen LogP contribution in [0.4, 0.5) is 0 Å². The number of hydrogen-bond donors (Lipinski definition) is 0. The molecule has 0 amide bonds. The summed E-state index contributed by atoms with van der Waals surface area (Å²) in [6, 6.07) is 30.3. The van der Waals surface area contributed by atoms with E-state index in [0.717, 1.165) is 34.1 Å². The van der Waals surface area contributed by atoms with E-state index in [1.807, 2.05) is 82.3 Å². The van der Waals surface area contributed by atoms with Gasteiger partial charge in [0.05, 0.1) is 32.5 Å². The van der Waals surface area contributed by atoms with Gasteiger partial charge < -0.3 is 9.26 Å². The minimum absolute atomic E-state index is 0.0400. The summed E-state index contributed by atoms with van der Waals surface area (Å²) in [7, 11) is -4.07. The van der Waals surface area contributed by atoms with Gasteiger partial charge in [-0.15, -0.1) is 0 Å². The van der Waals surface area contributed by atoms with Crippen LogP contribution in [0.3, 0.4) is 0 Å². The van der Waals surface area contributed by atoms with Gasteiger partial charge in [-0.2, -0.15) is 0 Å². The summed E-state index contributed by atoms with van der Waals surface area (Å²) in [4.78, 5) is 69.9. The van der Waals surface area contributed by atoms with E-state index in [0.29, 0.717) is 35.0 Å². The fourth-order valence-corrected chi connectivity index (χ4v) is 12.1. The SMILES string of the molecule is C=C(C)C(=O)Oc1cc(C(C)(c2ccc(C(C)(CC)CC)cc2)P2(=O)Oc3ccccc3-c3ccccc32)ccc1-n1c(=O)c2cc3c(=O)n(C(C)(CC)CC)c(=O)c3cc2c1=O. The number of nitrogens with zero attached hydrogens (tertiary/aromatic N) is 2. The number of para-hydroxylation sites is 1. The Bertz CT molecular complexity index is 3210. The zero-order valence-corrected chi connectivity index (χ0v) is 37.9. The van der Waals surface area contributed by atoms with Gasteiger partial charge in [0.15, 0.2) is 5.75 Å². The van der Waals surface area contributed by atoms with Crippen molar-refractivity contribution in [3.63, 3.8) is 0 Å². The van der Waals surface area contributed by atoms with Crippen molar-refractivity contribution in [2.75, 3.05) is 0 Å². The molecule has 1 aliphatic rings. The standard InChI is InChI=1S/C52H51N2O8P/c1-10-50(7,11-2)32-22-24-33(25-23-32)52(9,63(60)44-21-17-15-19-36(44)35-18-14-16-20-42(35)62-63)34-26-27-41(43(28-34)61-49(59)31(5)6)53-45(55)37-29-39-40(30-38(37)46(53)56)48(58)54(47(39)57)51(8,12-3)13-4/h14-30H,5,10-13H2,1-4,6-9H3. The van der Waals surface area contributed by atoms with Crippen molar-refractivity contribution in [3.05, 3.63) is 173 Å². The molecule has 3 heterocycles. The normalized spacial score (nSPS) is 16.0. The van der Waals surface area contributed by atoms with E-state index < -0.39 is 46.3 Å². The van der Waals surface area contributed by atoms with Crippen LogP contribution in [0.1, 0.15) is 97.8 Å². The molecule has 0 bridgehead atoms. The van der Waals surface area contributed by atoms with E-state index in [-0.39, 0.29) is 44.0 Å². The van der Waals surface area contributed by atoms with Gasteiger partial charge in [-0.3, -0.25) is 28.3 Å². The molecule has 63 heavy (non-hydrogen) atoms. The van der Waals surface area contributed by atoms with Gasteiger partial charge in [0.25, 0.3) is 29.6 Å². The van der Waals surface area contributed by atoms with Crippen LogP contribution in [0, 0.1) is 0 Å². The quantitative estimate of drug-likeness (QED) is 0.0514. The van der Waals surface area contributed by atoms with Crippen LogP contribution in [0.2, 0.25) is 0 Å². The summed E-state index contributed by atoms with van der Waals surface area (Å²) in [6.07, 6.45) is 2.86. The molecular formula is C52H51N2O8P. The second kappa shape index (κ2) is 15.5. The van der Waals surface area contributed by atoms with Gasteiger partial charge in [0, 0.05) is 16.7 Å².